The molecule has 0 aliphatic carbocycles. The fourth-order valence-electron chi connectivity index (χ4n) is 4.55. The Balaban J connectivity index is 1.30. The summed E-state index contributed by atoms with van der Waals surface area (Å²) in [7, 11) is -16.3. The van der Waals surface area contributed by atoms with Crippen LogP contribution in [-0.2, 0) is 42.5 Å². The maximum absolute atomic E-state index is 13.1. The normalized spacial score (nSPS) is 21.5. The van der Waals surface area contributed by atoms with E-state index in [1.807, 2.05) is 0 Å². The van der Waals surface area contributed by atoms with Crippen molar-refractivity contribution in [3.63, 3.8) is 0 Å². The van der Waals surface area contributed by atoms with Gasteiger partial charge in [0.2, 0.25) is 0 Å². The molecule has 0 saturated carbocycles. The van der Waals surface area contributed by atoms with E-state index in [0.29, 0.717) is 6.07 Å². The Labute approximate surface area is 278 Å². The summed E-state index contributed by atoms with van der Waals surface area (Å²) in [6, 6.07) is 7.80. The van der Waals surface area contributed by atoms with Crippen molar-refractivity contribution in [2.45, 2.75) is 31.0 Å². The molecule has 19 nitrogen and oxygen atoms in total. The van der Waals surface area contributed by atoms with E-state index in [0.717, 1.165) is 36.7 Å². The van der Waals surface area contributed by atoms with Gasteiger partial charge in [-0.2, -0.15) is 13.2 Å². The highest BCUT2D eigenvalue weighted by Gasteiger charge is 2.41. The van der Waals surface area contributed by atoms with Crippen molar-refractivity contribution >= 4 is 57.3 Å². The topological polar surface area (TPSA) is 274 Å². The lowest BCUT2D eigenvalue weighted by atomic mass is 10.2. The van der Waals surface area contributed by atoms with Crippen LogP contribution >= 0.6 is 23.2 Å². The number of phosphoric ester groups is 1. The number of fused-ring (bicyclic) bond motifs is 1. The molecule has 1 saturated heterocycles. The molecule has 1 aliphatic heterocycles. The van der Waals surface area contributed by atoms with E-state index in [1.54, 1.807) is 0 Å². The van der Waals surface area contributed by atoms with Crippen LogP contribution in [0, 0.1) is 0 Å². The van der Waals surface area contributed by atoms with Crippen LogP contribution in [0.2, 0.25) is 0 Å². The Bertz CT molecular complexity index is 2020. The Kier molecular flexibility index (Phi) is 10.7. The van der Waals surface area contributed by atoms with Crippen molar-refractivity contribution in [2.24, 2.45) is 0 Å². The molecule has 3 heterocycles. The van der Waals surface area contributed by atoms with Crippen LogP contribution in [0.1, 0.15) is 18.2 Å². The minimum atomic E-state index is -6.17. The van der Waals surface area contributed by atoms with Crippen LogP contribution in [0.4, 0.5) is 29.5 Å². The third kappa shape index (κ3) is 9.04. The highest BCUT2D eigenvalue weighted by Crippen LogP contribution is 2.62. The van der Waals surface area contributed by atoms with Crippen LogP contribution in [0.5, 0.6) is 5.75 Å². The number of methoxy groups -OCH3 is 1. The van der Waals surface area contributed by atoms with Crippen LogP contribution in [-0.4, -0.2) is 51.5 Å². The number of nitrogens with two attached hydrogens (primary N) is 1. The Hall–Kier alpha value is -3.94. The molecule has 270 valence electrons. The molecule has 0 bridgehead atoms. The van der Waals surface area contributed by atoms with Crippen LogP contribution in [0.25, 0.3) is 11.2 Å². The SMILES string of the molecule is COc1ccc(P(=O)([O-])OP(=O)([O-])OP(=O)([O-])OC[C@H]2O[C@@H](n3cnc4c(N)ncnc43)C[C@H]2OC(=O)Nc2cccc(C(F)(F)F)c2)cc1. The highest BCUT2D eigenvalue weighted by atomic mass is 31.3. The van der Waals surface area contributed by atoms with Gasteiger partial charge in [0.05, 0.1) is 25.6 Å². The minimum absolute atomic E-state index is 0.00298. The van der Waals surface area contributed by atoms with Crippen molar-refractivity contribution < 1.29 is 73.7 Å². The molecular formula is C25H23F3N6O13P3-3. The highest BCUT2D eigenvalue weighted by molar-refractivity contribution is 7.70. The van der Waals surface area contributed by atoms with E-state index in [-0.39, 0.29) is 34.8 Å². The van der Waals surface area contributed by atoms with Gasteiger partial charge in [-0.25, -0.2) is 24.1 Å². The molecule has 2 aromatic carbocycles. The summed E-state index contributed by atoms with van der Waals surface area (Å²) in [6.45, 7) is -1.09. The van der Waals surface area contributed by atoms with E-state index >= 15 is 0 Å². The zero-order valence-electron chi connectivity index (χ0n) is 25.1. The van der Waals surface area contributed by atoms with E-state index in [4.69, 9.17) is 19.9 Å². The first-order valence-corrected chi connectivity index (χ1v) is 18.2. The number of nitrogens with one attached hydrogen (secondary N) is 1. The number of imidazole rings is 1. The van der Waals surface area contributed by atoms with Gasteiger partial charge in [0.1, 0.15) is 36.0 Å². The van der Waals surface area contributed by atoms with Crippen molar-refractivity contribution in [1.82, 2.24) is 19.5 Å². The molecule has 1 aliphatic rings. The summed E-state index contributed by atoms with van der Waals surface area (Å²) in [6.07, 6.45) is -7.94. The van der Waals surface area contributed by atoms with Gasteiger partial charge < -0.3 is 43.7 Å². The van der Waals surface area contributed by atoms with Gasteiger partial charge in [-0.15, -0.1) is 0 Å². The van der Waals surface area contributed by atoms with E-state index < -0.39 is 71.4 Å². The predicted octanol–water partition coefficient (Wildman–Crippen LogP) is 2.21. The van der Waals surface area contributed by atoms with Gasteiger partial charge in [-0.05, 0) is 42.5 Å². The number of rotatable bonds is 12. The third-order valence-corrected chi connectivity index (χ3v) is 11.4. The number of amides is 1. The van der Waals surface area contributed by atoms with Crippen molar-refractivity contribution in [2.75, 3.05) is 24.8 Å². The zero-order valence-corrected chi connectivity index (χ0v) is 27.8. The van der Waals surface area contributed by atoms with Gasteiger partial charge >= 0.3 is 12.3 Å². The van der Waals surface area contributed by atoms with Crippen molar-refractivity contribution in [3.05, 3.63) is 66.7 Å². The Morgan fingerprint density at radius 1 is 1.06 bits per heavy atom. The van der Waals surface area contributed by atoms with Gasteiger partial charge in [0, 0.05) is 17.4 Å². The monoisotopic (exact) mass is 765 g/mol. The lowest BCUT2D eigenvalue weighted by molar-refractivity contribution is -0.245. The van der Waals surface area contributed by atoms with Crippen molar-refractivity contribution in [1.29, 1.82) is 0 Å². The first-order chi connectivity index (χ1) is 23.4. The van der Waals surface area contributed by atoms with Gasteiger partial charge in [-0.1, -0.05) is 6.07 Å². The molecule has 0 radical (unpaired) electrons. The lowest BCUT2D eigenvalue weighted by Crippen LogP contribution is -2.33. The number of aromatic nitrogens is 4. The Morgan fingerprint density at radius 2 is 1.78 bits per heavy atom. The lowest BCUT2D eigenvalue weighted by Gasteiger charge is -2.35. The summed E-state index contributed by atoms with van der Waals surface area (Å²) in [5, 5.41) is 1.46. The van der Waals surface area contributed by atoms with E-state index in [9.17, 15) is 46.3 Å². The number of alkyl halides is 3. The molecule has 3 N–H and O–H groups in total. The largest absolute Gasteiger partial charge is 0.775 e. The number of hydrogen-bond donors (Lipinski definition) is 2. The second-order valence-electron chi connectivity index (χ2n) is 10.1. The summed E-state index contributed by atoms with van der Waals surface area (Å²) in [4.78, 5) is 62.0. The number of ether oxygens (including phenoxy) is 3. The minimum Gasteiger partial charge on any atom is -0.775 e. The Morgan fingerprint density at radius 3 is 2.46 bits per heavy atom. The molecular weight excluding hydrogens is 742 g/mol. The molecule has 5 rings (SSSR count). The standard InChI is InChI=1S/C25H26F3N6O13P3/c1-42-16-5-7-17(8-6-16)48(36,37)46-50(40,41)47-49(38,39)43-11-19-18(45-24(35)33-15-4-2-3-14(9-15)25(26,27)28)10-20(44-19)34-13-32-21-22(29)30-12-31-23(21)34/h2-9,12-13,18-20H,10-11H2,1H3,(H,33,35)(H,36,37)(H,38,39)(H,40,41)(H2,29,30,31)/p-3/t18-,19-,20-/m1/s1. The summed E-state index contributed by atoms with van der Waals surface area (Å²) >= 11 is 0. The third-order valence-electron chi connectivity index (χ3n) is 6.77. The maximum atomic E-state index is 13.1. The second-order valence-corrected chi connectivity index (χ2v) is 15.0. The molecule has 0 spiro atoms. The number of nitrogens with zero attached hydrogens (tertiary/aromatic N) is 4. The number of hydrogen-bond acceptors (Lipinski definition) is 17. The molecule has 50 heavy (non-hydrogen) atoms. The molecule has 1 amide bonds. The number of anilines is 2. The summed E-state index contributed by atoms with van der Waals surface area (Å²) in [5.41, 5.74) is 4.76. The number of benzene rings is 2. The van der Waals surface area contributed by atoms with E-state index in [1.165, 1.54) is 30.1 Å². The first-order valence-electron chi connectivity index (χ1n) is 13.7. The number of halogens is 3. The number of carbonyl (C=O) groups is 1. The maximum Gasteiger partial charge on any atom is 0.416 e. The molecule has 4 aromatic rings. The zero-order chi connectivity index (χ0) is 36.5. The van der Waals surface area contributed by atoms with Gasteiger partial charge in [0.25, 0.3) is 15.6 Å². The average Bonchev–Trinajstić information content (AvgIpc) is 3.63. The van der Waals surface area contributed by atoms with Crippen LogP contribution in [0.3, 0.4) is 0 Å². The number of phosphoric acid groups is 2. The molecule has 1 fully saturated rings. The smallest absolute Gasteiger partial charge is 0.416 e. The fraction of sp³-hybridized carbons (Fsp3) is 0.280. The summed E-state index contributed by atoms with van der Waals surface area (Å²) in [5.74, 6) is 0.224. The van der Waals surface area contributed by atoms with Crippen molar-refractivity contribution in [3.8, 4) is 5.75 Å². The predicted molar refractivity (Wildman–Crippen MR) is 157 cm³/mol. The van der Waals surface area contributed by atoms with Gasteiger partial charge in [0.15, 0.2) is 19.1 Å². The first kappa shape index (κ1) is 37.3. The van der Waals surface area contributed by atoms with Crippen LogP contribution < -0.4 is 35.8 Å². The number of nitrogen functional groups attached to an aromatic ring is 1. The number of carbonyl (C=O) groups excluding carboxylic acids is 1. The summed E-state index contributed by atoms with van der Waals surface area (Å²) < 4.78 is 107. The average molecular weight is 765 g/mol. The van der Waals surface area contributed by atoms with Gasteiger partial charge in [-0.3, -0.25) is 23.3 Å². The fourth-order valence-corrected chi connectivity index (χ4v) is 8.38. The van der Waals surface area contributed by atoms with E-state index in [2.05, 4.69) is 33.4 Å². The molecule has 25 heteroatoms. The van der Waals surface area contributed by atoms with Crippen LogP contribution in [0.15, 0.2) is 61.2 Å². The molecule has 3 unspecified atom stereocenters. The quantitative estimate of drug-likeness (QED) is 0.196. The second kappa shape index (κ2) is 14.4. The molecule has 2 aromatic heterocycles. The molecule has 6 atom stereocenters.